The van der Waals surface area contributed by atoms with Gasteiger partial charge in [0.1, 0.15) is 10.6 Å². The number of hydrazone groups is 1. The molecule has 2 heterocycles. The second-order valence-corrected chi connectivity index (χ2v) is 10.9. The molecule has 0 spiro atoms. The number of aromatic nitrogens is 2. The number of benzene rings is 2. The van der Waals surface area contributed by atoms with Crippen molar-refractivity contribution in [3.8, 4) is 11.4 Å². The molecule has 184 valence electrons. The molecule has 4 aromatic rings. The summed E-state index contributed by atoms with van der Waals surface area (Å²) >= 11 is 2.69. The summed E-state index contributed by atoms with van der Waals surface area (Å²) in [7, 11) is 1.60. The predicted molar refractivity (Wildman–Crippen MR) is 147 cm³/mol. The minimum Gasteiger partial charge on any atom is -0.497 e. The van der Waals surface area contributed by atoms with Crippen molar-refractivity contribution in [2.45, 2.75) is 38.3 Å². The van der Waals surface area contributed by atoms with Crippen LogP contribution in [0.5, 0.6) is 5.75 Å². The number of rotatable bonds is 6. The summed E-state index contributed by atoms with van der Waals surface area (Å²) in [4.78, 5) is 33.3. The number of carbonyl (C=O) groups excluding carboxylic acids is 1. The molecule has 1 N–H and O–H groups in total. The number of Topliss-reactive ketones (excluding diaryl/α,β-unsaturated/α-hetero) is 1. The van der Waals surface area contributed by atoms with Gasteiger partial charge in [-0.2, -0.15) is 5.10 Å². The monoisotopic (exact) mass is 518 g/mol. The first-order chi connectivity index (χ1) is 17.4. The highest BCUT2D eigenvalue weighted by Crippen LogP contribution is 2.37. The fraction of sp³-hybridized carbons (Fsp3) is 0.259. The SMILES string of the molecule is COc1ccc(N/N=C(\Sc2nc3sc4c(c3c(=O)n2-c2ccccc2)CC[C@@H](C)C4)C(C)=O)cc1. The number of hydrogen-bond acceptors (Lipinski definition) is 8. The molecule has 0 fully saturated rings. The van der Waals surface area contributed by atoms with Crippen LogP contribution in [-0.2, 0) is 17.6 Å². The Kier molecular flexibility index (Phi) is 6.93. The first-order valence-corrected chi connectivity index (χ1v) is 13.4. The van der Waals surface area contributed by atoms with Gasteiger partial charge in [-0.1, -0.05) is 25.1 Å². The van der Waals surface area contributed by atoms with Crippen molar-refractivity contribution >= 4 is 49.8 Å². The van der Waals surface area contributed by atoms with E-state index in [4.69, 9.17) is 9.72 Å². The maximum absolute atomic E-state index is 13.9. The van der Waals surface area contributed by atoms with Gasteiger partial charge in [-0.05, 0) is 78.9 Å². The minimum atomic E-state index is -0.228. The van der Waals surface area contributed by atoms with Crippen molar-refractivity contribution in [2.75, 3.05) is 12.5 Å². The standard InChI is InChI=1S/C27H26N4O3S2/c1-16-9-14-21-22(15-16)35-25-23(21)26(33)31(19-7-5-4-6-8-19)27(28-25)36-24(17(2)32)30-29-18-10-12-20(34-3)13-11-18/h4-8,10-13,16,29H,9,14-15H2,1-3H3/b30-24-/t16-/m1/s1. The Hall–Kier alpha value is -3.43. The lowest BCUT2D eigenvalue weighted by Crippen LogP contribution is -2.23. The Balaban J connectivity index is 1.59. The zero-order valence-corrected chi connectivity index (χ0v) is 21.9. The van der Waals surface area contributed by atoms with Gasteiger partial charge in [0, 0.05) is 11.8 Å². The van der Waals surface area contributed by atoms with E-state index in [1.165, 1.54) is 11.8 Å². The second-order valence-electron chi connectivity index (χ2n) is 8.82. The highest BCUT2D eigenvalue weighted by atomic mass is 32.2. The lowest BCUT2D eigenvalue weighted by atomic mass is 9.89. The van der Waals surface area contributed by atoms with E-state index >= 15 is 0 Å². The number of carbonyl (C=O) groups is 1. The van der Waals surface area contributed by atoms with E-state index in [-0.39, 0.29) is 16.4 Å². The third kappa shape index (κ3) is 4.81. The molecule has 0 radical (unpaired) electrons. The van der Waals surface area contributed by atoms with Gasteiger partial charge >= 0.3 is 0 Å². The highest BCUT2D eigenvalue weighted by Gasteiger charge is 2.26. The number of aryl methyl sites for hydroxylation is 1. The fourth-order valence-electron chi connectivity index (χ4n) is 4.29. The molecule has 0 aliphatic heterocycles. The van der Waals surface area contributed by atoms with E-state index in [1.54, 1.807) is 35.1 Å². The summed E-state index contributed by atoms with van der Waals surface area (Å²) in [5.41, 5.74) is 5.37. The van der Waals surface area contributed by atoms with Gasteiger partial charge in [-0.25, -0.2) is 4.98 Å². The Bertz CT molecular complexity index is 1510. The number of hydrogen-bond donors (Lipinski definition) is 1. The van der Waals surface area contributed by atoms with E-state index in [0.29, 0.717) is 27.8 Å². The molecule has 36 heavy (non-hydrogen) atoms. The molecule has 5 rings (SSSR count). The van der Waals surface area contributed by atoms with E-state index in [9.17, 15) is 9.59 Å². The summed E-state index contributed by atoms with van der Waals surface area (Å²) in [5, 5.41) is 5.67. The summed E-state index contributed by atoms with van der Waals surface area (Å²) < 4.78 is 6.79. The Labute approximate surface area is 217 Å². The summed E-state index contributed by atoms with van der Waals surface area (Å²) in [5.74, 6) is 1.09. The van der Waals surface area contributed by atoms with Crippen molar-refractivity contribution in [3.05, 3.63) is 75.4 Å². The Morgan fingerprint density at radius 3 is 2.64 bits per heavy atom. The van der Waals surface area contributed by atoms with Crippen molar-refractivity contribution in [1.82, 2.24) is 9.55 Å². The predicted octanol–water partition coefficient (Wildman–Crippen LogP) is 5.69. The van der Waals surface area contributed by atoms with Crippen molar-refractivity contribution in [3.63, 3.8) is 0 Å². The van der Waals surface area contributed by atoms with Crippen LogP contribution in [0.3, 0.4) is 0 Å². The van der Waals surface area contributed by atoms with Crippen LogP contribution in [0.25, 0.3) is 15.9 Å². The van der Waals surface area contributed by atoms with Crippen LogP contribution < -0.4 is 15.7 Å². The number of nitrogens with zero attached hydrogens (tertiary/aromatic N) is 3. The largest absolute Gasteiger partial charge is 0.497 e. The molecule has 0 saturated heterocycles. The van der Waals surface area contributed by atoms with Crippen LogP contribution in [0.4, 0.5) is 5.69 Å². The third-order valence-electron chi connectivity index (χ3n) is 6.18. The fourth-order valence-corrected chi connectivity index (χ4v) is 6.54. The van der Waals surface area contributed by atoms with Gasteiger partial charge in [-0.3, -0.25) is 19.6 Å². The molecule has 0 bridgehead atoms. The Morgan fingerprint density at radius 1 is 1.19 bits per heavy atom. The number of thioether (sulfide) groups is 1. The average molecular weight is 519 g/mol. The number of nitrogens with one attached hydrogen (secondary N) is 1. The van der Waals surface area contributed by atoms with Crippen molar-refractivity contribution < 1.29 is 9.53 Å². The Morgan fingerprint density at radius 2 is 1.94 bits per heavy atom. The molecule has 1 atom stereocenters. The smallest absolute Gasteiger partial charge is 0.267 e. The maximum atomic E-state index is 13.9. The normalized spacial score (nSPS) is 15.5. The van der Waals surface area contributed by atoms with Crippen LogP contribution in [0.15, 0.2) is 69.6 Å². The summed E-state index contributed by atoms with van der Waals surface area (Å²) in [6, 6.07) is 16.7. The third-order valence-corrected chi connectivity index (χ3v) is 8.36. The molecule has 1 aliphatic carbocycles. The van der Waals surface area contributed by atoms with Gasteiger partial charge in [0.05, 0.1) is 23.9 Å². The van der Waals surface area contributed by atoms with Crippen LogP contribution in [0.2, 0.25) is 0 Å². The van der Waals surface area contributed by atoms with Gasteiger partial charge in [0.2, 0.25) is 0 Å². The molecule has 2 aromatic carbocycles. The number of ketones is 1. The topological polar surface area (TPSA) is 85.6 Å². The van der Waals surface area contributed by atoms with Gasteiger partial charge in [0.15, 0.2) is 16.0 Å². The van der Waals surface area contributed by atoms with E-state index in [1.807, 2.05) is 42.5 Å². The zero-order chi connectivity index (χ0) is 25.2. The lowest BCUT2D eigenvalue weighted by Gasteiger charge is -2.17. The number of anilines is 1. The van der Waals surface area contributed by atoms with Crippen LogP contribution in [0, 0.1) is 5.92 Å². The molecular weight excluding hydrogens is 492 g/mol. The van der Waals surface area contributed by atoms with E-state index < -0.39 is 0 Å². The molecule has 0 saturated carbocycles. The highest BCUT2D eigenvalue weighted by molar-refractivity contribution is 8.15. The van der Waals surface area contributed by atoms with Gasteiger partial charge < -0.3 is 4.74 Å². The van der Waals surface area contributed by atoms with Crippen LogP contribution >= 0.6 is 23.1 Å². The molecule has 7 nitrogen and oxygen atoms in total. The van der Waals surface area contributed by atoms with Gasteiger partial charge in [-0.15, -0.1) is 11.3 Å². The minimum absolute atomic E-state index is 0.105. The molecule has 9 heteroatoms. The van der Waals surface area contributed by atoms with Crippen molar-refractivity contribution in [2.24, 2.45) is 11.0 Å². The lowest BCUT2D eigenvalue weighted by molar-refractivity contribution is -0.110. The number of ether oxygens (including phenoxy) is 1. The quantitative estimate of drug-likeness (QED) is 0.116. The van der Waals surface area contributed by atoms with Gasteiger partial charge in [0.25, 0.3) is 5.56 Å². The molecule has 0 unspecified atom stereocenters. The summed E-state index contributed by atoms with van der Waals surface area (Å²) in [6.07, 6.45) is 2.93. The zero-order valence-electron chi connectivity index (χ0n) is 20.3. The molecule has 2 aromatic heterocycles. The molecule has 1 aliphatic rings. The van der Waals surface area contributed by atoms with E-state index in [0.717, 1.165) is 47.2 Å². The second kappa shape index (κ2) is 10.3. The van der Waals surface area contributed by atoms with Crippen molar-refractivity contribution in [1.29, 1.82) is 0 Å². The first kappa shape index (κ1) is 24.3. The number of fused-ring (bicyclic) bond motifs is 3. The van der Waals surface area contributed by atoms with Crippen LogP contribution in [0.1, 0.15) is 30.7 Å². The number of methoxy groups -OCH3 is 1. The van der Waals surface area contributed by atoms with Crippen LogP contribution in [-0.4, -0.2) is 27.5 Å². The molecular formula is C27H26N4O3S2. The molecule has 0 amide bonds. The average Bonchev–Trinajstić information content (AvgIpc) is 3.24. The van der Waals surface area contributed by atoms with E-state index in [2.05, 4.69) is 17.5 Å². The summed E-state index contributed by atoms with van der Waals surface area (Å²) in [6.45, 7) is 3.70. The number of thiophene rings is 1. The maximum Gasteiger partial charge on any atom is 0.267 e. The first-order valence-electron chi connectivity index (χ1n) is 11.7. The number of para-hydroxylation sites is 1.